The van der Waals surface area contributed by atoms with Crippen molar-refractivity contribution in [2.75, 3.05) is 6.61 Å². The number of amides is 1. The molecule has 0 fully saturated rings. The first kappa shape index (κ1) is 59.5. The fourth-order valence-corrected chi connectivity index (χ4v) is 9.12. The van der Waals surface area contributed by atoms with Gasteiger partial charge in [-0.1, -0.05) is 290 Å². The van der Waals surface area contributed by atoms with Crippen LogP contribution in [0.3, 0.4) is 0 Å². The lowest BCUT2D eigenvalue weighted by Crippen LogP contribution is -2.46. The molecule has 0 saturated heterocycles. The van der Waals surface area contributed by atoms with Gasteiger partial charge in [-0.2, -0.15) is 0 Å². The molecule has 0 heterocycles. The average molecular weight is 872 g/mol. The molecule has 4 N–H and O–H groups in total. The number of unbranched alkanes of at least 4 members (excludes halogenated alkanes) is 42. The number of aliphatic hydroxyl groups is 1. The largest absolute Gasteiger partial charge is 0.469 e. The van der Waals surface area contributed by atoms with Crippen LogP contribution in [0.4, 0.5) is 0 Å². The molecule has 0 aliphatic rings. The summed E-state index contributed by atoms with van der Waals surface area (Å²) in [6, 6.07) is -0.819. The lowest BCUT2D eigenvalue weighted by atomic mass is 10.0. The molecule has 0 radical (unpaired) electrons. The molecule has 0 saturated carbocycles. The number of phosphoric acid groups is 1. The minimum absolute atomic E-state index is 0.185. The molecule has 0 rings (SSSR count). The minimum Gasteiger partial charge on any atom is -0.391 e. The van der Waals surface area contributed by atoms with Gasteiger partial charge in [0.1, 0.15) is 0 Å². The minimum atomic E-state index is -4.69. The fraction of sp³-hybridized carbons (Fsp3) is 0.981. The Hall–Kier alpha value is -0.460. The number of aliphatic hydroxyl groups excluding tert-OH is 1. The maximum atomic E-state index is 12.7. The summed E-state index contributed by atoms with van der Waals surface area (Å²) in [6.07, 6.45) is 58.4. The van der Waals surface area contributed by atoms with Crippen molar-refractivity contribution in [1.29, 1.82) is 0 Å². The Morgan fingerprint density at radius 2 is 0.650 bits per heavy atom. The summed E-state index contributed by atoms with van der Waals surface area (Å²) >= 11 is 0. The third-order valence-electron chi connectivity index (χ3n) is 12.8. The second kappa shape index (κ2) is 48.0. The van der Waals surface area contributed by atoms with Crippen LogP contribution in [0.5, 0.6) is 0 Å². The standard InChI is InChI=1S/C52H106NO6P/c1-3-5-7-9-11-13-15-17-19-21-22-23-24-25-26-27-28-29-30-32-34-36-38-40-42-44-46-48-52(55)53-50(49-59-60(56,57)58)51(54)47-45-43-41-39-37-35-33-31-20-18-16-14-12-10-8-6-4-2/h50-51,54H,3-49H2,1-2H3,(H,53,55)(H2,56,57,58)/t50-,51+/m0/s1. The van der Waals surface area contributed by atoms with Crippen molar-refractivity contribution < 1.29 is 28.8 Å². The maximum absolute atomic E-state index is 12.7. The number of hydrogen-bond donors (Lipinski definition) is 4. The molecule has 60 heavy (non-hydrogen) atoms. The molecular weight excluding hydrogens is 766 g/mol. The van der Waals surface area contributed by atoms with Gasteiger partial charge in [-0.25, -0.2) is 4.57 Å². The molecule has 0 aliphatic heterocycles. The molecule has 8 heteroatoms. The molecule has 0 aliphatic carbocycles. The highest BCUT2D eigenvalue weighted by Crippen LogP contribution is 2.36. The van der Waals surface area contributed by atoms with Crippen LogP contribution in [-0.2, 0) is 13.9 Å². The highest BCUT2D eigenvalue weighted by atomic mass is 31.2. The maximum Gasteiger partial charge on any atom is 0.469 e. The number of phosphoric ester groups is 1. The zero-order valence-electron chi connectivity index (χ0n) is 40.4. The van der Waals surface area contributed by atoms with Crippen molar-refractivity contribution in [3.05, 3.63) is 0 Å². The van der Waals surface area contributed by atoms with Crippen LogP contribution in [0.15, 0.2) is 0 Å². The molecule has 2 atom stereocenters. The van der Waals surface area contributed by atoms with Crippen molar-refractivity contribution in [3.63, 3.8) is 0 Å². The van der Waals surface area contributed by atoms with Gasteiger partial charge < -0.3 is 20.2 Å². The molecule has 0 spiro atoms. The van der Waals surface area contributed by atoms with Gasteiger partial charge in [-0.05, 0) is 12.8 Å². The van der Waals surface area contributed by atoms with Crippen LogP contribution in [-0.4, -0.2) is 39.6 Å². The zero-order chi connectivity index (χ0) is 43.9. The van der Waals surface area contributed by atoms with E-state index in [1.807, 2.05) is 0 Å². The van der Waals surface area contributed by atoms with Crippen molar-refractivity contribution >= 4 is 13.7 Å². The second-order valence-corrected chi connectivity index (χ2v) is 20.2. The van der Waals surface area contributed by atoms with Gasteiger partial charge >= 0.3 is 7.82 Å². The Kier molecular flexibility index (Phi) is 47.6. The van der Waals surface area contributed by atoms with E-state index in [0.717, 1.165) is 38.5 Å². The van der Waals surface area contributed by atoms with E-state index in [-0.39, 0.29) is 5.91 Å². The topological polar surface area (TPSA) is 116 Å². The van der Waals surface area contributed by atoms with Crippen molar-refractivity contribution in [3.8, 4) is 0 Å². The Labute approximate surface area is 374 Å². The third-order valence-corrected chi connectivity index (χ3v) is 13.3. The van der Waals surface area contributed by atoms with Crippen LogP contribution in [0.2, 0.25) is 0 Å². The normalized spacial score (nSPS) is 12.9. The monoisotopic (exact) mass is 872 g/mol. The smallest absolute Gasteiger partial charge is 0.391 e. The van der Waals surface area contributed by atoms with Crippen molar-refractivity contribution in [2.24, 2.45) is 0 Å². The van der Waals surface area contributed by atoms with Gasteiger partial charge in [-0.3, -0.25) is 9.32 Å². The van der Waals surface area contributed by atoms with Crippen LogP contribution in [0, 0.1) is 0 Å². The number of nitrogens with one attached hydrogen (secondary N) is 1. The van der Waals surface area contributed by atoms with Gasteiger partial charge in [-0.15, -0.1) is 0 Å². The van der Waals surface area contributed by atoms with E-state index in [1.165, 1.54) is 244 Å². The Balaban J connectivity index is 3.70. The molecular formula is C52H106NO6P. The molecule has 0 bridgehead atoms. The Morgan fingerprint density at radius 1 is 0.417 bits per heavy atom. The zero-order valence-corrected chi connectivity index (χ0v) is 41.3. The van der Waals surface area contributed by atoms with Crippen LogP contribution >= 0.6 is 7.82 Å². The van der Waals surface area contributed by atoms with Gasteiger partial charge in [0.05, 0.1) is 18.8 Å². The van der Waals surface area contributed by atoms with Gasteiger partial charge in [0.25, 0.3) is 0 Å². The lowest BCUT2D eigenvalue weighted by molar-refractivity contribution is -0.123. The molecule has 7 nitrogen and oxygen atoms in total. The Morgan fingerprint density at radius 3 is 0.900 bits per heavy atom. The molecule has 0 aromatic heterocycles. The summed E-state index contributed by atoms with van der Waals surface area (Å²) in [5, 5.41) is 13.6. The number of carbonyl (C=O) groups excluding carboxylic acids is 1. The first-order valence-electron chi connectivity index (χ1n) is 27.0. The van der Waals surface area contributed by atoms with E-state index >= 15 is 0 Å². The van der Waals surface area contributed by atoms with E-state index in [2.05, 4.69) is 19.2 Å². The van der Waals surface area contributed by atoms with E-state index in [9.17, 15) is 24.3 Å². The number of rotatable bonds is 51. The molecule has 360 valence electrons. The third kappa shape index (κ3) is 48.6. The first-order chi connectivity index (χ1) is 29.3. The second-order valence-electron chi connectivity index (χ2n) is 18.9. The SMILES string of the molecule is CCCCCCCCCCCCCCCCCCCCCCCCCCCCCC(=O)N[C@@H](COP(=O)(O)O)[C@H](O)CCCCCCCCCCCCCCCCCCC. The van der Waals surface area contributed by atoms with Crippen LogP contribution < -0.4 is 5.32 Å². The predicted molar refractivity (Wildman–Crippen MR) is 260 cm³/mol. The van der Waals surface area contributed by atoms with E-state index in [0.29, 0.717) is 12.8 Å². The molecule has 0 unspecified atom stereocenters. The average Bonchev–Trinajstić information content (AvgIpc) is 3.22. The Bertz CT molecular complexity index is 900. The van der Waals surface area contributed by atoms with Gasteiger partial charge in [0.15, 0.2) is 0 Å². The van der Waals surface area contributed by atoms with E-state index < -0.39 is 26.6 Å². The van der Waals surface area contributed by atoms with Gasteiger partial charge in [0.2, 0.25) is 5.91 Å². The summed E-state index contributed by atoms with van der Waals surface area (Å²) in [6.45, 7) is 4.17. The molecule has 0 aromatic carbocycles. The predicted octanol–water partition coefficient (Wildman–Crippen LogP) is 16.9. The number of hydrogen-bond acceptors (Lipinski definition) is 4. The number of carbonyl (C=O) groups is 1. The summed E-state index contributed by atoms with van der Waals surface area (Å²) < 4.78 is 16.1. The van der Waals surface area contributed by atoms with E-state index in [1.54, 1.807) is 0 Å². The first-order valence-corrected chi connectivity index (χ1v) is 28.5. The van der Waals surface area contributed by atoms with E-state index in [4.69, 9.17) is 4.52 Å². The summed E-state index contributed by atoms with van der Waals surface area (Å²) in [5.41, 5.74) is 0. The lowest BCUT2D eigenvalue weighted by Gasteiger charge is -2.24. The fourth-order valence-electron chi connectivity index (χ4n) is 8.76. The molecule has 0 aromatic rings. The van der Waals surface area contributed by atoms with Crippen molar-refractivity contribution in [2.45, 2.75) is 321 Å². The quantitative estimate of drug-likeness (QED) is 0.0357. The van der Waals surface area contributed by atoms with Gasteiger partial charge in [0, 0.05) is 6.42 Å². The summed E-state index contributed by atoms with van der Waals surface area (Å²) in [7, 11) is -4.69. The highest BCUT2D eigenvalue weighted by molar-refractivity contribution is 7.46. The van der Waals surface area contributed by atoms with Crippen LogP contribution in [0.1, 0.15) is 309 Å². The van der Waals surface area contributed by atoms with Crippen molar-refractivity contribution in [1.82, 2.24) is 5.32 Å². The highest BCUT2D eigenvalue weighted by Gasteiger charge is 2.25. The summed E-state index contributed by atoms with van der Waals surface area (Å²) in [5.74, 6) is -0.185. The van der Waals surface area contributed by atoms with Crippen LogP contribution in [0.25, 0.3) is 0 Å². The molecule has 1 amide bonds. The summed E-state index contributed by atoms with van der Waals surface area (Å²) in [4.78, 5) is 31.1.